The lowest BCUT2D eigenvalue weighted by molar-refractivity contribution is 0.0689. The second-order valence-electron chi connectivity index (χ2n) is 3.34. The van der Waals surface area contributed by atoms with E-state index in [0.717, 1.165) is 30.0 Å². The van der Waals surface area contributed by atoms with Crippen molar-refractivity contribution in [3.8, 4) is 0 Å². The van der Waals surface area contributed by atoms with Crippen molar-refractivity contribution in [2.24, 2.45) is 0 Å². The molecule has 2 aromatic rings. The number of aromatic nitrogens is 1. The van der Waals surface area contributed by atoms with Crippen LogP contribution in [0.4, 0.5) is 8.78 Å². The third-order valence-corrected chi connectivity index (χ3v) is 3.02. The number of hydrogen-bond acceptors (Lipinski definition) is 3. The molecule has 1 aromatic heterocycles. The molecule has 0 fully saturated rings. The van der Waals surface area contributed by atoms with E-state index in [-0.39, 0.29) is 10.6 Å². The van der Waals surface area contributed by atoms with E-state index in [0.29, 0.717) is 5.03 Å². The first-order valence-electron chi connectivity index (χ1n) is 4.89. The van der Waals surface area contributed by atoms with E-state index >= 15 is 0 Å². The van der Waals surface area contributed by atoms with Gasteiger partial charge in [0.25, 0.3) is 0 Å². The molecule has 0 saturated heterocycles. The number of carbonyl (C=O) groups is 1. The van der Waals surface area contributed by atoms with Crippen molar-refractivity contribution in [3.05, 3.63) is 53.7 Å². The average molecular weight is 267 g/mol. The Morgan fingerprint density at radius 2 is 2.00 bits per heavy atom. The molecule has 0 spiro atoms. The molecule has 2 rings (SSSR count). The summed E-state index contributed by atoms with van der Waals surface area (Å²) in [6.45, 7) is 0. The molecule has 3 nitrogen and oxygen atoms in total. The molecule has 6 heteroatoms. The standard InChI is InChI=1S/C12H7F2NO2S/c13-7-4-5-8(14)10(6-7)18-11-3-1-2-9(15-11)12(16)17/h1-6H,(H,16,17). The van der Waals surface area contributed by atoms with E-state index < -0.39 is 17.6 Å². The summed E-state index contributed by atoms with van der Waals surface area (Å²) >= 11 is 0.871. The fourth-order valence-corrected chi connectivity index (χ4v) is 2.11. The molecule has 1 N–H and O–H groups in total. The fraction of sp³-hybridized carbons (Fsp3) is 0. The monoisotopic (exact) mass is 267 g/mol. The summed E-state index contributed by atoms with van der Waals surface area (Å²) in [4.78, 5) is 14.6. The van der Waals surface area contributed by atoms with Crippen molar-refractivity contribution in [1.82, 2.24) is 4.98 Å². The number of hydrogen-bond donors (Lipinski definition) is 1. The summed E-state index contributed by atoms with van der Waals surface area (Å²) in [5, 5.41) is 9.06. The first kappa shape index (κ1) is 12.5. The predicted molar refractivity (Wildman–Crippen MR) is 61.7 cm³/mol. The Balaban J connectivity index is 2.31. The Bertz CT molecular complexity index is 604. The first-order chi connectivity index (χ1) is 8.56. The van der Waals surface area contributed by atoms with Gasteiger partial charge in [-0.3, -0.25) is 0 Å². The van der Waals surface area contributed by atoms with Gasteiger partial charge in [-0.2, -0.15) is 0 Å². The molecule has 0 saturated carbocycles. The number of benzene rings is 1. The highest BCUT2D eigenvalue weighted by Gasteiger charge is 2.09. The fourth-order valence-electron chi connectivity index (χ4n) is 1.26. The molecule has 92 valence electrons. The first-order valence-corrected chi connectivity index (χ1v) is 5.71. The number of rotatable bonds is 3. The largest absolute Gasteiger partial charge is 0.477 e. The van der Waals surface area contributed by atoms with Gasteiger partial charge in [0, 0.05) is 0 Å². The topological polar surface area (TPSA) is 50.2 Å². The van der Waals surface area contributed by atoms with E-state index in [1.54, 1.807) is 0 Å². The molecule has 0 unspecified atom stereocenters. The highest BCUT2D eigenvalue weighted by Crippen LogP contribution is 2.29. The van der Waals surface area contributed by atoms with Gasteiger partial charge in [-0.05, 0) is 30.3 Å². The molecule has 0 amide bonds. The predicted octanol–water partition coefficient (Wildman–Crippen LogP) is 3.21. The number of carboxylic acid groups (broad SMARTS) is 1. The van der Waals surface area contributed by atoms with Crippen molar-refractivity contribution >= 4 is 17.7 Å². The SMILES string of the molecule is O=C(O)c1cccc(Sc2cc(F)ccc2F)n1. The van der Waals surface area contributed by atoms with Gasteiger partial charge in [0.15, 0.2) is 0 Å². The molecule has 18 heavy (non-hydrogen) atoms. The van der Waals surface area contributed by atoms with E-state index in [4.69, 9.17) is 5.11 Å². The summed E-state index contributed by atoms with van der Waals surface area (Å²) in [7, 11) is 0. The van der Waals surface area contributed by atoms with Crippen LogP contribution in [0.1, 0.15) is 10.5 Å². The van der Waals surface area contributed by atoms with Gasteiger partial charge in [0.05, 0.1) is 4.90 Å². The van der Waals surface area contributed by atoms with Crippen LogP contribution in [-0.4, -0.2) is 16.1 Å². The quantitative estimate of drug-likeness (QED) is 0.927. The van der Waals surface area contributed by atoms with Crippen LogP contribution in [0.25, 0.3) is 0 Å². The highest BCUT2D eigenvalue weighted by atomic mass is 32.2. The summed E-state index contributed by atoms with van der Waals surface area (Å²) in [5.74, 6) is -2.31. The highest BCUT2D eigenvalue weighted by molar-refractivity contribution is 7.99. The Labute approximate surface area is 105 Å². The van der Waals surface area contributed by atoms with Crippen LogP contribution in [0.5, 0.6) is 0 Å². The Morgan fingerprint density at radius 3 is 2.72 bits per heavy atom. The van der Waals surface area contributed by atoms with Crippen LogP contribution < -0.4 is 0 Å². The molecule has 0 aliphatic rings. The molecular weight excluding hydrogens is 260 g/mol. The maximum absolute atomic E-state index is 13.4. The molecule has 1 aromatic carbocycles. The summed E-state index contributed by atoms with van der Waals surface area (Å²) in [5.41, 5.74) is -0.142. The zero-order valence-electron chi connectivity index (χ0n) is 8.93. The van der Waals surface area contributed by atoms with E-state index in [1.807, 2.05) is 0 Å². The van der Waals surface area contributed by atoms with Crippen LogP contribution in [0.15, 0.2) is 46.3 Å². The van der Waals surface area contributed by atoms with Gasteiger partial charge < -0.3 is 5.11 Å². The zero-order valence-corrected chi connectivity index (χ0v) is 9.75. The zero-order chi connectivity index (χ0) is 13.1. The van der Waals surface area contributed by atoms with E-state index in [9.17, 15) is 13.6 Å². The molecule has 0 aliphatic carbocycles. The maximum atomic E-state index is 13.4. The molecule has 0 atom stereocenters. The summed E-state index contributed by atoms with van der Waals surface area (Å²) < 4.78 is 26.3. The molecule has 0 bridgehead atoms. The van der Waals surface area contributed by atoms with Gasteiger partial charge in [-0.25, -0.2) is 18.6 Å². The van der Waals surface area contributed by atoms with E-state index in [2.05, 4.69) is 4.98 Å². The van der Waals surface area contributed by atoms with Crippen molar-refractivity contribution < 1.29 is 18.7 Å². The third kappa shape index (κ3) is 2.84. The van der Waals surface area contributed by atoms with Gasteiger partial charge in [-0.15, -0.1) is 0 Å². The van der Waals surface area contributed by atoms with Crippen LogP contribution in [0.3, 0.4) is 0 Å². The lowest BCUT2D eigenvalue weighted by atomic mass is 10.3. The minimum Gasteiger partial charge on any atom is -0.477 e. The number of halogens is 2. The lowest BCUT2D eigenvalue weighted by Gasteiger charge is -2.03. The number of pyridine rings is 1. The van der Waals surface area contributed by atoms with Crippen molar-refractivity contribution in [1.29, 1.82) is 0 Å². The molecule has 1 heterocycles. The second kappa shape index (κ2) is 5.14. The second-order valence-corrected chi connectivity index (χ2v) is 4.41. The Kier molecular flexibility index (Phi) is 3.57. The smallest absolute Gasteiger partial charge is 0.354 e. The van der Waals surface area contributed by atoms with Crippen molar-refractivity contribution in [2.75, 3.05) is 0 Å². The van der Waals surface area contributed by atoms with Gasteiger partial charge in [0.1, 0.15) is 22.4 Å². The lowest BCUT2D eigenvalue weighted by Crippen LogP contribution is -2.00. The summed E-state index contributed by atoms with van der Waals surface area (Å²) in [6, 6.07) is 7.42. The van der Waals surface area contributed by atoms with Crippen molar-refractivity contribution in [3.63, 3.8) is 0 Å². The third-order valence-electron chi connectivity index (χ3n) is 2.05. The minimum atomic E-state index is -1.17. The van der Waals surface area contributed by atoms with Crippen LogP contribution in [-0.2, 0) is 0 Å². The van der Waals surface area contributed by atoms with Crippen molar-refractivity contribution in [2.45, 2.75) is 9.92 Å². The van der Waals surface area contributed by atoms with Gasteiger partial charge in [0.2, 0.25) is 0 Å². The van der Waals surface area contributed by atoms with Crippen LogP contribution in [0.2, 0.25) is 0 Å². The number of nitrogens with zero attached hydrogens (tertiary/aromatic N) is 1. The normalized spacial score (nSPS) is 10.3. The number of carboxylic acids is 1. The molecule has 0 aliphatic heterocycles. The van der Waals surface area contributed by atoms with Crippen LogP contribution >= 0.6 is 11.8 Å². The van der Waals surface area contributed by atoms with E-state index in [1.165, 1.54) is 18.2 Å². The average Bonchev–Trinajstić information content (AvgIpc) is 2.34. The maximum Gasteiger partial charge on any atom is 0.354 e. The van der Waals surface area contributed by atoms with Crippen LogP contribution in [0, 0.1) is 11.6 Å². The molecule has 0 radical (unpaired) electrons. The minimum absolute atomic E-state index is 0.0602. The number of aromatic carboxylic acids is 1. The van der Waals surface area contributed by atoms with Gasteiger partial charge in [-0.1, -0.05) is 17.8 Å². The Morgan fingerprint density at radius 1 is 1.22 bits per heavy atom. The molecular formula is C12H7F2NO2S. The Hall–Kier alpha value is -1.95. The van der Waals surface area contributed by atoms with Gasteiger partial charge >= 0.3 is 5.97 Å². The summed E-state index contributed by atoms with van der Waals surface area (Å²) in [6.07, 6.45) is 0.